The van der Waals surface area contributed by atoms with Gasteiger partial charge in [-0.3, -0.25) is 9.48 Å². The number of carbonyl (C=O) groups excluding carboxylic acids is 1. The maximum atomic E-state index is 13.7. The van der Waals surface area contributed by atoms with Crippen LogP contribution in [0.15, 0.2) is 18.3 Å². The summed E-state index contributed by atoms with van der Waals surface area (Å²) in [4.78, 5) is 19.1. The third-order valence-electron chi connectivity index (χ3n) is 5.67. The van der Waals surface area contributed by atoms with Gasteiger partial charge in [0, 0.05) is 31.0 Å². The Morgan fingerprint density at radius 2 is 2.00 bits per heavy atom. The average Bonchev–Trinajstić information content (AvgIpc) is 3.38. The van der Waals surface area contributed by atoms with Crippen molar-refractivity contribution in [1.82, 2.24) is 29.3 Å². The van der Waals surface area contributed by atoms with Gasteiger partial charge in [-0.2, -0.15) is 23.4 Å². The second-order valence-corrected chi connectivity index (χ2v) is 7.98. The van der Waals surface area contributed by atoms with E-state index in [1.807, 2.05) is 6.92 Å². The van der Waals surface area contributed by atoms with Gasteiger partial charge in [0.05, 0.1) is 23.5 Å². The first-order valence-corrected chi connectivity index (χ1v) is 9.85. The monoisotopic (exact) mass is 420 g/mol. The van der Waals surface area contributed by atoms with Crippen LogP contribution in [-0.2, 0) is 13.2 Å². The minimum Gasteiger partial charge on any atom is -0.330 e. The van der Waals surface area contributed by atoms with Gasteiger partial charge in [0.2, 0.25) is 0 Å². The third-order valence-corrected chi connectivity index (χ3v) is 5.67. The lowest BCUT2D eigenvalue weighted by Crippen LogP contribution is -2.31. The predicted octanol–water partition coefficient (Wildman–Crippen LogP) is 3.89. The number of amides is 1. The number of rotatable bonds is 3. The van der Waals surface area contributed by atoms with Gasteiger partial charge in [0.15, 0.2) is 5.65 Å². The van der Waals surface area contributed by atoms with Gasteiger partial charge >= 0.3 is 6.18 Å². The Kier molecular flexibility index (Phi) is 4.82. The Morgan fingerprint density at radius 3 is 2.60 bits per heavy atom. The van der Waals surface area contributed by atoms with Crippen molar-refractivity contribution in [3.05, 3.63) is 46.7 Å². The molecule has 0 bridgehead atoms. The largest absolute Gasteiger partial charge is 0.433 e. The molecule has 0 N–H and O–H groups in total. The molecule has 0 saturated carbocycles. The molecule has 3 aromatic heterocycles. The zero-order valence-electron chi connectivity index (χ0n) is 17.2. The number of likely N-dealkylation sites (tertiary alicyclic amines) is 1. The number of hydrogen-bond donors (Lipinski definition) is 0. The van der Waals surface area contributed by atoms with Crippen LogP contribution in [0, 0.1) is 6.92 Å². The Labute approximate surface area is 171 Å². The summed E-state index contributed by atoms with van der Waals surface area (Å²) >= 11 is 0. The quantitative estimate of drug-likeness (QED) is 0.645. The maximum absolute atomic E-state index is 13.7. The van der Waals surface area contributed by atoms with Gasteiger partial charge < -0.3 is 4.90 Å². The lowest BCUT2D eigenvalue weighted by molar-refractivity contribution is -0.142. The molecule has 160 valence electrons. The molecule has 1 fully saturated rings. The summed E-state index contributed by atoms with van der Waals surface area (Å²) in [7, 11) is 1.76. The van der Waals surface area contributed by atoms with Crippen molar-refractivity contribution in [2.75, 3.05) is 6.54 Å². The number of carbonyl (C=O) groups is 1. The second kappa shape index (κ2) is 7.10. The molecule has 10 heteroatoms. The van der Waals surface area contributed by atoms with Crippen LogP contribution in [-0.4, -0.2) is 41.7 Å². The van der Waals surface area contributed by atoms with Gasteiger partial charge in [-0.1, -0.05) is 13.8 Å². The summed E-state index contributed by atoms with van der Waals surface area (Å²) < 4.78 is 43.4. The Balaban J connectivity index is 1.77. The molecule has 0 aromatic carbocycles. The van der Waals surface area contributed by atoms with Crippen LogP contribution < -0.4 is 0 Å². The van der Waals surface area contributed by atoms with E-state index in [4.69, 9.17) is 0 Å². The Bertz CT molecular complexity index is 1110. The number of hydrogen-bond acceptors (Lipinski definition) is 4. The van der Waals surface area contributed by atoms with Crippen LogP contribution >= 0.6 is 0 Å². The lowest BCUT2D eigenvalue weighted by atomic mass is 10.1. The van der Waals surface area contributed by atoms with Gasteiger partial charge in [-0.25, -0.2) is 9.50 Å². The molecule has 4 rings (SSSR count). The topological polar surface area (TPSA) is 68.3 Å². The van der Waals surface area contributed by atoms with Crippen molar-refractivity contribution in [3.8, 4) is 0 Å². The van der Waals surface area contributed by atoms with E-state index in [-0.39, 0.29) is 17.5 Å². The van der Waals surface area contributed by atoms with Crippen LogP contribution in [0.4, 0.5) is 13.2 Å². The summed E-state index contributed by atoms with van der Waals surface area (Å²) in [5.41, 5.74) is 1.28. The molecule has 0 spiro atoms. The highest BCUT2D eigenvalue weighted by atomic mass is 19.4. The minimum absolute atomic E-state index is 0.139. The number of fused-ring (bicyclic) bond motifs is 1. The van der Waals surface area contributed by atoms with E-state index in [0.717, 1.165) is 22.7 Å². The van der Waals surface area contributed by atoms with Crippen molar-refractivity contribution in [3.63, 3.8) is 0 Å². The molecule has 4 heterocycles. The minimum atomic E-state index is -4.56. The van der Waals surface area contributed by atoms with E-state index >= 15 is 0 Å². The first-order chi connectivity index (χ1) is 14.1. The molecule has 3 aromatic rings. The summed E-state index contributed by atoms with van der Waals surface area (Å²) in [5, 5.41) is 8.36. The van der Waals surface area contributed by atoms with Crippen molar-refractivity contribution < 1.29 is 18.0 Å². The highest BCUT2D eigenvalue weighted by Crippen LogP contribution is 2.36. The molecule has 30 heavy (non-hydrogen) atoms. The highest BCUT2D eigenvalue weighted by Gasteiger charge is 2.37. The standard InChI is InChI=1S/C20H23F3N6O/c1-11(2)14-8-17(20(21,22)23)29-18(25-14)9-15(26-29)16-6-5-7-28(16)19(30)13-10-24-27(4)12(13)3/h8-11,16H,5-7H2,1-4H3/t16-/m1/s1. The normalized spacial score (nSPS) is 17.5. The number of aryl methyl sites for hydroxylation is 1. The SMILES string of the molecule is Cc1c(C(=O)N2CCC[C@@H]2c2cc3nc(C(C)C)cc(C(F)(F)F)n3n2)cnn1C. The van der Waals surface area contributed by atoms with E-state index in [9.17, 15) is 18.0 Å². The summed E-state index contributed by atoms with van der Waals surface area (Å²) in [6.45, 7) is 5.92. The lowest BCUT2D eigenvalue weighted by Gasteiger charge is -2.23. The van der Waals surface area contributed by atoms with E-state index in [1.165, 1.54) is 6.20 Å². The smallest absolute Gasteiger partial charge is 0.330 e. The van der Waals surface area contributed by atoms with Crippen LogP contribution in [0.1, 0.15) is 71.8 Å². The van der Waals surface area contributed by atoms with Crippen LogP contribution in [0.2, 0.25) is 0 Å². The predicted molar refractivity (Wildman–Crippen MR) is 103 cm³/mol. The third kappa shape index (κ3) is 3.33. The molecule has 1 atom stereocenters. The fourth-order valence-electron chi connectivity index (χ4n) is 3.85. The van der Waals surface area contributed by atoms with Crippen LogP contribution in [0.5, 0.6) is 0 Å². The summed E-state index contributed by atoms with van der Waals surface area (Å²) in [5.74, 6) is -0.348. The Morgan fingerprint density at radius 1 is 1.27 bits per heavy atom. The first-order valence-electron chi connectivity index (χ1n) is 9.85. The first kappa shape index (κ1) is 20.4. The molecular formula is C20H23F3N6O. The number of halogens is 3. The average molecular weight is 420 g/mol. The fraction of sp³-hybridized carbons (Fsp3) is 0.500. The van der Waals surface area contributed by atoms with Crippen molar-refractivity contribution in [2.45, 2.75) is 51.7 Å². The van der Waals surface area contributed by atoms with Gasteiger partial charge in [0.1, 0.15) is 5.69 Å². The molecular weight excluding hydrogens is 397 g/mol. The van der Waals surface area contributed by atoms with Crippen LogP contribution in [0.3, 0.4) is 0 Å². The summed E-state index contributed by atoms with van der Waals surface area (Å²) in [6, 6.07) is 2.21. The molecule has 0 radical (unpaired) electrons. The van der Waals surface area contributed by atoms with Crippen molar-refractivity contribution in [2.24, 2.45) is 7.05 Å². The van der Waals surface area contributed by atoms with E-state index < -0.39 is 17.9 Å². The molecule has 0 unspecified atom stereocenters. The van der Waals surface area contributed by atoms with E-state index in [2.05, 4.69) is 15.2 Å². The van der Waals surface area contributed by atoms with E-state index in [0.29, 0.717) is 29.9 Å². The van der Waals surface area contributed by atoms with Crippen LogP contribution in [0.25, 0.3) is 5.65 Å². The fourth-order valence-corrected chi connectivity index (χ4v) is 3.85. The molecule has 0 aliphatic carbocycles. The molecule has 1 aliphatic heterocycles. The van der Waals surface area contributed by atoms with Crippen molar-refractivity contribution in [1.29, 1.82) is 0 Å². The van der Waals surface area contributed by atoms with Gasteiger partial charge in [-0.15, -0.1) is 0 Å². The van der Waals surface area contributed by atoms with Crippen molar-refractivity contribution >= 4 is 11.6 Å². The number of nitrogens with zero attached hydrogens (tertiary/aromatic N) is 6. The highest BCUT2D eigenvalue weighted by molar-refractivity contribution is 5.95. The van der Waals surface area contributed by atoms with E-state index in [1.54, 1.807) is 36.5 Å². The molecule has 1 saturated heterocycles. The zero-order chi connectivity index (χ0) is 21.8. The van der Waals surface area contributed by atoms with Gasteiger partial charge in [-0.05, 0) is 31.7 Å². The van der Waals surface area contributed by atoms with Gasteiger partial charge in [0.25, 0.3) is 5.91 Å². The molecule has 1 amide bonds. The summed E-state index contributed by atoms with van der Waals surface area (Å²) in [6.07, 6.45) is -1.66. The maximum Gasteiger partial charge on any atom is 0.433 e. The zero-order valence-corrected chi connectivity index (χ0v) is 17.2. The molecule has 1 aliphatic rings. The number of aromatic nitrogens is 5. The Hall–Kier alpha value is -2.91. The molecule has 7 nitrogen and oxygen atoms in total. The number of alkyl halides is 3. The second-order valence-electron chi connectivity index (χ2n) is 7.98.